The second-order valence-corrected chi connectivity index (χ2v) is 5.00. The van der Waals surface area contributed by atoms with Gasteiger partial charge in [0.2, 0.25) is 0 Å². The van der Waals surface area contributed by atoms with Crippen molar-refractivity contribution in [1.29, 1.82) is 0 Å². The lowest BCUT2D eigenvalue weighted by atomic mass is 10.2. The summed E-state index contributed by atoms with van der Waals surface area (Å²) in [7, 11) is 0. The molecule has 0 aliphatic rings. The summed E-state index contributed by atoms with van der Waals surface area (Å²) in [4.78, 5) is 6.71. The van der Waals surface area contributed by atoms with Crippen LogP contribution in [0.15, 0.2) is 42.6 Å². The van der Waals surface area contributed by atoms with Gasteiger partial charge in [0.1, 0.15) is 5.82 Å². The maximum Gasteiger partial charge on any atom is 0.128 e. The molecule has 1 heterocycles. The summed E-state index contributed by atoms with van der Waals surface area (Å²) < 4.78 is 0. The molecule has 0 fully saturated rings. The zero-order valence-corrected chi connectivity index (χ0v) is 12.7. The Hall–Kier alpha value is -1.74. The Bertz CT molecular complexity index is 536. The van der Waals surface area contributed by atoms with Crippen LogP contribution in [0.5, 0.6) is 0 Å². The standard InChI is InChI=1S/C16H20ClN3/c1-3-20(4-2)16-9-8-15(12-19-16)18-11-13-6-5-7-14(17)10-13/h5-10,12,18H,3-4,11H2,1-2H3. The van der Waals surface area contributed by atoms with Gasteiger partial charge in [-0.05, 0) is 43.7 Å². The van der Waals surface area contributed by atoms with E-state index in [0.29, 0.717) is 0 Å². The molecule has 0 saturated heterocycles. The van der Waals surface area contributed by atoms with Gasteiger partial charge in [-0.2, -0.15) is 0 Å². The highest BCUT2D eigenvalue weighted by Gasteiger charge is 2.02. The van der Waals surface area contributed by atoms with E-state index < -0.39 is 0 Å². The topological polar surface area (TPSA) is 28.2 Å². The van der Waals surface area contributed by atoms with Gasteiger partial charge in [0.05, 0.1) is 11.9 Å². The number of rotatable bonds is 6. The van der Waals surface area contributed by atoms with E-state index >= 15 is 0 Å². The van der Waals surface area contributed by atoms with Crippen molar-refractivity contribution in [3.63, 3.8) is 0 Å². The number of pyridine rings is 1. The lowest BCUT2D eigenvalue weighted by Crippen LogP contribution is -2.22. The van der Waals surface area contributed by atoms with Gasteiger partial charge < -0.3 is 10.2 Å². The minimum atomic E-state index is 0.743. The molecule has 0 radical (unpaired) electrons. The summed E-state index contributed by atoms with van der Waals surface area (Å²) >= 11 is 5.97. The van der Waals surface area contributed by atoms with Crippen molar-refractivity contribution < 1.29 is 0 Å². The van der Waals surface area contributed by atoms with Crippen LogP contribution in [0.2, 0.25) is 5.02 Å². The van der Waals surface area contributed by atoms with Crippen LogP contribution in [0.4, 0.5) is 11.5 Å². The highest BCUT2D eigenvalue weighted by atomic mass is 35.5. The second kappa shape index (κ2) is 7.15. The van der Waals surface area contributed by atoms with E-state index in [0.717, 1.165) is 41.7 Å². The molecule has 2 rings (SSSR count). The van der Waals surface area contributed by atoms with Gasteiger partial charge in [0.25, 0.3) is 0 Å². The maximum absolute atomic E-state index is 5.97. The van der Waals surface area contributed by atoms with E-state index in [9.17, 15) is 0 Å². The summed E-state index contributed by atoms with van der Waals surface area (Å²) in [5.74, 6) is 1.02. The van der Waals surface area contributed by atoms with Crippen LogP contribution in [0.25, 0.3) is 0 Å². The Morgan fingerprint density at radius 2 is 1.95 bits per heavy atom. The predicted octanol–water partition coefficient (Wildman–Crippen LogP) is 4.19. The van der Waals surface area contributed by atoms with E-state index in [1.807, 2.05) is 30.5 Å². The molecular weight excluding hydrogens is 270 g/mol. The van der Waals surface area contributed by atoms with E-state index in [2.05, 4.69) is 41.2 Å². The lowest BCUT2D eigenvalue weighted by molar-refractivity contribution is 0.846. The van der Waals surface area contributed by atoms with Crippen LogP contribution in [0, 0.1) is 0 Å². The van der Waals surface area contributed by atoms with Gasteiger partial charge in [-0.3, -0.25) is 0 Å². The molecule has 0 unspecified atom stereocenters. The SMILES string of the molecule is CCN(CC)c1ccc(NCc2cccc(Cl)c2)cn1. The molecular formula is C16H20ClN3. The van der Waals surface area contributed by atoms with Crippen LogP contribution in [-0.2, 0) is 6.54 Å². The molecule has 1 aromatic heterocycles. The average Bonchev–Trinajstić information content (AvgIpc) is 2.48. The fraction of sp³-hybridized carbons (Fsp3) is 0.312. The molecule has 3 nitrogen and oxygen atoms in total. The average molecular weight is 290 g/mol. The molecule has 0 aliphatic heterocycles. The van der Waals surface area contributed by atoms with Gasteiger partial charge in [-0.15, -0.1) is 0 Å². The van der Waals surface area contributed by atoms with Crippen LogP contribution >= 0.6 is 11.6 Å². The Morgan fingerprint density at radius 3 is 2.55 bits per heavy atom. The molecule has 106 valence electrons. The minimum absolute atomic E-state index is 0.743. The van der Waals surface area contributed by atoms with E-state index in [-0.39, 0.29) is 0 Å². The summed E-state index contributed by atoms with van der Waals surface area (Å²) in [6.07, 6.45) is 1.87. The highest BCUT2D eigenvalue weighted by Crippen LogP contribution is 2.16. The quantitative estimate of drug-likeness (QED) is 0.864. The van der Waals surface area contributed by atoms with Crippen molar-refractivity contribution in [3.8, 4) is 0 Å². The number of nitrogens with one attached hydrogen (secondary N) is 1. The maximum atomic E-state index is 5.97. The third-order valence-electron chi connectivity index (χ3n) is 3.22. The Kier molecular flexibility index (Phi) is 5.24. The zero-order chi connectivity index (χ0) is 14.4. The summed E-state index contributed by atoms with van der Waals surface area (Å²) in [6.45, 7) is 6.96. The van der Waals surface area contributed by atoms with Gasteiger partial charge in [0, 0.05) is 24.7 Å². The molecule has 0 atom stereocenters. The first-order valence-corrected chi connectivity index (χ1v) is 7.30. The van der Waals surface area contributed by atoms with Crippen molar-refractivity contribution in [3.05, 3.63) is 53.2 Å². The van der Waals surface area contributed by atoms with Crippen LogP contribution in [0.1, 0.15) is 19.4 Å². The number of aromatic nitrogens is 1. The second-order valence-electron chi connectivity index (χ2n) is 4.56. The van der Waals surface area contributed by atoms with Crippen LogP contribution in [0.3, 0.4) is 0 Å². The number of benzene rings is 1. The molecule has 1 aromatic carbocycles. The molecule has 20 heavy (non-hydrogen) atoms. The fourth-order valence-corrected chi connectivity index (χ4v) is 2.29. The van der Waals surface area contributed by atoms with Gasteiger partial charge in [-0.1, -0.05) is 23.7 Å². The molecule has 0 amide bonds. The molecule has 0 bridgehead atoms. The molecule has 2 aromatic rings. The number of anilines is 2. The van der Waals surface area contributed by atoms with Crippen molar-refractivity contribution in [2.45, 2.75) is 20.4 Å². The molecule has 0 spiro atoms. The normalized spacial score (nSPS) is 10.3. The van der Waals surface area contributed by atoms with E-state index in [4.69, 9.17) is 11.6 Å². The minimum Gasteiger partial charge on any atom is -0.380 e. The Labute approximate surface area is 125 Å². The fourth-order valence-electron chi connectivity index (χ4n) is 2.08. The molecule has 0 saturated carbocycles. The predicted molar refractivity (Wildman–Crippen MR) is 86.6 cm³/mol. The number of halogens is 1. The monoisotopic (exact) mass is 289 g/mol. The van der Waals surface area contributed by atoms with Gasteiger partial charge in [0.15, 0.2) is 0 Å². The molecule has 4 heteroatoms. The first-order chi connectivity index (χ1) is 9.72. The molecule has 0 aliphatic carbocycles. The smallest absolute Gasteiger partial charge is 0.128 e. The first-order valence-electron chi connectivity index (χ1n) is 6.92. The molecule has 1 N–H and O–H groups in total. The zero-order valence-electron chi connectivity index (χ0n) is 11.9. The third-order valence-corrected chi connectivity index (χ3v) is 3.46. The number of hydrogen-bond acceptors (Lipinski definition) is 3. The first kappa shape index (κ1) is 14.7. The number of hydrogen-bond donors (Lipinski definition) is 1. The van der Waals surface area contributed by atoms with Crippen LogP contribution < -0.4 is 10.2 Å². The van der Waals surface area contributed by atoms with Gasteiger partial charge in [-0.25, -0.2) is 4.98 Å². The summed E-state index contributed by atoms with van der Waals surface area (Å²) in [5, 5.41) is 4.11. The van der Waals surface area contributed by atoms with Crippen molar-refractivity contribution in [2.24, 2.45) is 0 Å². The summed E-state index contributed by atoms with van der Waals surface area (Å²) in [5.41, 5.74) is 2.17. The van der Waals surface area contributed by atoms with Crippen molar-refractivity contribution >= 4 is 23.1 Å². The number of nitrogens with zero attached hydrogens (tertiary/aromatic N) is 2. The third kappa shape index (κ3) is 3.87. The largest absolute Gasteiger partial charge is 0.380 e. The van der Waals surface area contributed by atoms with Crippen LogP contribution in [-0.4, -0.2) is 18.1 Å². The van der Waals surface area contributed by atoms with Crippen molar-refractivity contribution in [1.82, 2.24) is 4.98 Å². The lowest BCUT2D eigenvalue weighted by Gasteiger charge is -2.19. The highest BCUT2D eigenvalue weighted by molar-refractivity contribution is 6.30. The van der Waals surface area contributed by atoms with Crippen molar-refractivity contribution in [2.75, 3.05) is 23.3 Å². The van der Waals surface area contributed by atoms with Gasteiger partial charge >= 0.3 is 0 Å². The Morgan fingerprint density at radius 1 is 1.15 bits per heavy atom. The summed E-state index contributed by atoms with van der Waals surface area (Å²) in [6, 6.07) is 12.0. The van der Waals surface area contributed by atoms with E-state index in [1.54, 1.807) is 0 Å². The van der Waals surface area contributed by atoms with E-state index in [1.165, 1.54) is 0 Å². The Balaban J connectivity index is 1.97.